The van der Waals surface area contributed by atoms with Crippen molar-refractivity contribution < 1.29 is 4.79 Å². The van der Waals surface area contributed by atoms with E-state index in [0.29, 0.717) is 12.6 Å². The van der Waals surface area contributed by atoms with E-state index in [4.69, 9.17) is 5.73 Å². The number of nitrogens with two attached hydrogens (primary N) is 1. The highest BCUT2D eigenvalue weighted by Crippen LogP contribution is 2.20. The lowest BCUT2D eigenvalue weighted by molar-refractivity contribution is -0.136. The maximum atomic E-state index is 12.1. The minimum absolute atomic E-state index is 0.135. The molecule has 0 aromatic rings. The molecule has 1 aliphatic heterocycles. The van der Waals surface area contributed by atoms with Crippen LogP contribution in [0.2, 0.25) is 0 Å². The summed E-state index contributed by atoms with van der Waals surface area (Å²) in [7, 11) is 1.85. The molecule has 1 amide bonds. The third-order valence-electron chi connectivity index (χ3n) is 3.45. The zero-order valence-corrected chi connectivity index (χ0v) is 9.99. The zero-order chi connectivity index (χ0) is 11.4. The summed E-state index contributed by atoms with van der Waals surface area (Å²) >= 11 is 0. The highest BCUT2D eigenvalue weighted by Gasteiger charge is 2.33. The van der Waals surface area contributed by atoms with Gasteiger partial charge in [0.1, 0.15) is 0 Å². The molecule has 3 unspecified atom stereocenters. The molecule has 0 spiro atoms. The largest absolute Gasteiger partial charge is 0.341 e. The number of carbonyl (C=O) groups is 1. The zero-order valence-electron chi connectivity index (χ0n) is 9.99. The smallest absolute Gasteiger partial charge is 0.227 e. The summed E-state index contributed by atoms with van der Waals surface area (Å²) in [6, 6.07) is 0.487. The summed E-state index contributed by atoms with van der Waals surface area (Å²) in [5.74, 6) is 0.388. The Morgan fingerprint density at radius 1 is 1.67 bits per heavy atom. The van der Waals surface area contributed by atoms with Crippen LogP contribution in [0.15, 0.2) is 0 Å². The monoisotopic (exact) mass is 213 g/mol. The lowest BCUT2D eigenvalue weighted by Gasteiger charge is -2.28. The Labute approximate surface area is 92.2 Å². The Morgan fingerprint density at radius 3 is 2.87 bits per heavy atom. The number of likely N-dealkylation sites (N-methyl/N-ethyl adjacent to an activating group) is 1. The average molecular weight is 213 g/mol. The molecule has 1 fully saturated rings. The van der Waals surface area contributed by atoms with E-state index >= 15 is 0 Å². The molecule has 1 saturated heterocycles. The van der Waals surface area contributed by atoms with E-state index in [-0.39, 0.29) is 17.9 Å². The van der Waals surface area contributed by atoms with E-state index in [2.05, 4.69) is 12.2 Å². The van der Waals surface area contributed by atoms with E-state index in [9.17, 15) is 4.79 Å². The van der Waals surface area contributed by atoms with Gasteiger partial charge >= 0.3 is 0 Å². The first-order valence-electron chi connectivity index (χ1n) is 5.81. The van der Waals surface area contributed by atoms with Crippen LogP contribution in [0.3, 0.4) is 0 Å². The summed E-state index contributed by atoms with van der Waals surface area (Å²) in [4.78, 5) is 13.9. The third-order valence-corrected chi connectivity index (χ3v) is 3.45. The van der Waals surface area contributed by atoms with Crippen molar-refractivity contribution >= 4 is 5.91 Å². The van der Waals surface area contributed by atoms with Crippen LogP contribution in [0.25, 0.3) is 0 Å². The first-order chi connectivity index (χ1) is 7.11. The van der Waals surface area contributed by atoms with Gasteiger partial charge in [-0.25, -0.2) is 0 Å². The number of hydrogen-bond donors (Lipinski definition) is 2. The predicted molar refractivity (Wildman–Crippen MR) is 61.5 cm³/mol. The average Bonchev–Trinajstić information content (AvgIpc) is 2.73. The van der Waals surface area contributed by atoms with Crippen LogP contribution in [0.4, 0.5) is 0 Å². The Morgan fingerprint density at radius 2 is 2.33 bits per heavy atom. The van der Waals surface area contributed by atoms with E-state index in [0.717, 1.165) is 19.4 Å². The SMILES string of the molecule is CCC1NCCC1C(=O)N(C)C(C)CN. The van der Waals surface area contributed by atoms with E-state index in [1.54, 1.807) is 4.90 Å². The molecule has 15 heavy (non-hydrogen) atoms. The summed E-state index contributed by atoms with van der Waals surface area (Å²) in [5, 5.41) is 3.37. The van der Waals surface area contributed by atoms with Crippen molar-refractivity contribution in [2.75, 3.05) is 20.1 Å². The standard InChI is InChI=1S/C11H23N3O/c1-4-10-9(5-6-13-10)11(15)14(3)8(2)7-12/h8-10,13H,4-7,12H2,1-3H3. The van der Waals surface area contributed by atoms with Crippen LogP contribution in [0, 0.1) is 5.92 Å². The first kappa shape index (κ1) is 12.5. The fourth-order valence-electron chi connectivity index (χ4n) is 2.13. The molecule has 4 heteroatoms. The van der Waals surface area contributed by atoms with Crippen LogP contribution in [0.5, 0.6) is 0 Å². The minimum atomic E-state index is 0.135. The van der Waals surface area contributed by atoms with Gasteiger partial charge in [-0.1, -0.05) is 6.92 Å². The number of nitrogens with zero attached hydrogens (tertiary/aromatic N) is 1. The van der Waals surface area contributed by atoms with Crippen molar-refractivity contribution in [1.29, 1.82) is 0 Å². The van der Waals surface area contributed by atoms with Gasteiger partial charge in [-0.2, -0.15) is 0 Å². The minimum Gasteiger partial charge on any atom is -0.341 e. The van der Waals surface area contributed by atoms with Gasteiger partial charge in [0, 0.05) is 25.7 Å². The molecule has 1 aliphatic rings. The molecule has 0 bridgehead atoms. The van der Waals surface area contributed by atoms with Gasteiger partial charge in [-0.05, 0) is 26.3 Å². The molecular formula is C11H23N3O. The summed E-state index contributed by atoms with van der Waals surface area (Å²) < 4.78 is 0. The maximum absolute atomic E-state index is 12.1. The fourth-order valence-corrected chi connectivity index (χ4v) is 2.13. The maximum Gasteiger partial charge on any atom is 0.227 e. The molecule has 88 valence electrons. The van der Waals surface area contributed by atoms with Crippen LogP contribution in [0.1, 0.15) is 26.7 Å². The van der Waals surface area contributed by atoms with Gasteiger partial charge in [-0.3, -0.25) is 4.79 Å². The molecule has 0 saturated carbocycles. The second-order valence-electron chi connectivity index (χ2n) is 4.40. The Kier molecular flexibility index (Phi) is 4.54. The summed E-state index contributed by atoms with van der Waals surface area (Å²) in [6.45, 7) is 5.59. The number of nitrogens with one attached hydrogen (secondary N) is 1. The highest BCUT2D eigenvalue weighted by atomic mass is 16.2. The van der Waals surface area contributed by atoms with Crippen molar-refractivity contribution in [3.05, 3.63) is 0 Å². The number of rotatable bonds is 4. The van der Waals surface area contributed by atoms with Crippen LogP contribution >= 0.6 is 0 Å². The topological polar surface area (TPSA) is 58.4 Å². The van der Waals surface area contributed by atoms with Crippen LogP contribution in [-0.2, 0) is 4.79 Å². The molecule has 0 aliphatic carbocycles. The highest BCUT2D eigenvalue weighted by molar-refractivity contribution is 5.80. The molecule has 3 atom stereocenters. The molecule has 0 aromatic heterocycles. The van der Waals surface area contributed by atoms with E-state index in [1.165, 1.54) is 0 Å². The molecule has 0 radical (unpaired) electrons. The molecule has 1 rings (SSSR count). The lowest BCUT2D eigenvalue weighted by atomic mass is 9.96. The predicted octanol–water partition coefficient (Wildman–Crippen LogP) is 0.180. The van der Waals surface area contributed by atoms with E-state index < -0.39 is 0 Å². The molecule has 4 nitrogen and oxygen atoms in total. The number of carbonyl (C=O) groups excluding carboxylic acids is 1. The van der Waals surface area contributed by atoms with Crippen molar-refractivity contribution in [2.45, 2.75) is 38.8 Å². The van der Waals surface area contributed by atoms with Gasteiger partial charge in [0.15, 0.2) is 0 Å². The van der Waals surface area contributed by atoms with Gasteiger partial charge in [0.25, 0.3) is 0 Å². The van der Waals surface area contributed by atoms with Gasteiger partial charge in [-0.15, -0.1) is 0 Å². The Hall–Kier alpha value is -0.610. The second-order valence-corrected chi connectivity index (χ2v) is 4.40. The lowest BCUT2D eigenvalue weighted by Crippen LogP contribution is -2.45. The summed E-state index contributed by atoms with van der Waals surface area (Å²) in [6.07, 6.45) is 1.97. The molecule has 1 heterocycles. The number of hydrogen-bond acceptors (Lipinski definition) is 3. The van der Waals surface area contributed by atoms with Crippen LogP contribution in [-0.4, -0.2) is 43.0 Å². The normalized spacial score (nSPS) is 27.7. The van der Waals surface area contributed by atoms with Crippen molar-refractivity contribution in [2.24, 2.45) is 11.7 Å². The molecular weight excluding hydrogens is 190 g/mol. The molecule has 0 aromatic carbocycles. The summed E-state index contributed by atoms with van der Waals surface area (Å²) in [5.41, 5.74) is 5.57. The first-order valence-corrected chi connectivity index (χ1v) is 5.81. The Balaban J connectivity index is 2.59. The third kappa shape index (κ3) is 2.69. The van der Waals surface area contributed by atoms with Gasteiger partial charge in [0.05, 0.1) is 5.92 Å². The van der Waals surface area contributed by atoms with Gasteiger partial charge < -0.3 is 16.0 Å². The second kappa shape index (κ2) is 5.47. The fraction of sp³-hybridized carbons (Fsp3) is 0.909. The van der Waals surface area contributed by atoms with Crippen molar-refractivity contribution in [1.82, 2.24) is 10.2 Å². The van der Waals surface area contributed by atoms with Gasteiger partial charge in [0.2, 0.25) is 5.91 Å². The quantitative estimate of drug-likeness (QED) is 0.700. The van der Waals surface area contributed by atoms with Crippen LogP contribution < -0.4 is 11.1 Å². The van der Waals surface area contributed by atoms with Crippen molar-refractivity contribution in [3.63, 3.8) is 0 Å². The number of amides is 1. The molecule has 3 N–H and O–H groups in total. The van der Waals surface area contributed by atoms with E-state index in [1.807, 2.05) is 14.0 Å². The Bertz CT molecular complexity index is 220. The van der Waals surface area contributed by atoms with Crippen molar-refractivity contribution in [3.8, 4) is 0 Å².